The number of aromatic nitrogens is 2. The average Bonchev–Trinajstić information content (AvgIpc) is 3.20. The number of hydrogen-bond donors (Lipinski definition) is 2. The number of nitrogens with zero attached hydrogens (tertiary/aromatic N) is 3. The molecule has 0 amide bonds. The Morgan fingerprint density at radius 3 is 2.47 bits per heavy atom. The van der Waals surface area contributed by atoms with E-state index in [1.807, 2.05) is 12.1 Å². The fourth-order valence-corrected chi connectivity index (χ4v) is 3.30. The summed E-state index contributed by atoms with van der Waals surface area (Å²) in [5.74, 6) is -2.08. The molecule has 0 radical (unpaired) electrons. The fourth-order valence-electron chi connectivity index (χ4n) is 2.77. The molecule has 0 spiro atoms. The minimum atomic E-state index is -1.82. The van der Waals surface area contributed by atoms with Crippen molar-refractivity contribution in [2.45, 2.75) is 19.3 Å². The number of likely N-dealkylation sites (N-methyl/N-ethyl adjacent to an activating group) is 1. The van der Waals surface area contributed by atoms with Gasteiger partial charge in [0, 0.05) is 13.1 Å². The SMILES string of the molecule is COc1ccc(CCCOc2nsnc2C2=CCCN(C)C2)cc1.O=C(O)C(=O)O. The summed E-state index contributed by atoms with van der Waals surface area (Å²) >= 11 is 1.22. The molecule has 162 valence electrons. The Kier molecular flexibility index (Phi) is 9.23. The van der Waals surface area contributed by atoms with Gasteiger partial charge in [-0.2, -0.15) is 4.37 Å². The minimum Gasteiger partial charge on any atom is -0.497 e. The van der Waals surface area contributed by atoms with Crippen molar-refractivity contribution < 1.29 is 29.3 Å². The van der Waals surface area contributed by atoms with E-state index < -0.39 is 11.9 Å². The van der Waals surface area contributed by atoms with E-state index in [9.17, 15) is 0 Å². The highest BCUT2D eigenvalue weighted by atomic mass is 32.1. The van der Waals surface area contributed by atoms with Gasteiger partial charge >= 0.3 is 11.9 Å². The number of methoxy groups -OCH3 is 1. The van der Waals surface area contributed by atoms with Crippen molar-refractivity contribution in [3.8, 4) is 11.6 Å². The second-order valence-corrected chi connectivity index (χ2v) is 7.11. The van der Waals surface area contributed by atoms with Gasteiger partial charge in [-0.15, -0.1) is 4.37 Å². The molecule has 0 bridgehead atoms. The molecule has 10 heteroatoms. The van der Waals surface area contributed by atoms with Gasteiger partial charge in [0.05, 0.1) is 25.4 Å². The number of carboxylic acid groups (broad SMARTS) is 2. The summed E-state index contributed by atoms with van der Waals surface area (Å²) < 4.78 is 19.8. The van der Waals surface area contributed by atoms with Crippen LogP contribution in [0.1, 0.15) is 24.1 Å². The molecule has 0 saturated heterocycles. The van der Waals surface area contributed by atoms with Crippen LogP contribution < -0.4 is 9.47 Å². The van der Waals surface area contributed by atoms with Crippen LogP contribution in [0.4, 0.5) is 0 Å². The van der Waals surface area contributed by atoms with Crippen molar-refractivity contribution in [3.63, 3.8) is 0 Å². The summed E-state index contributed by atoms with van der Waals surface area (Å²) in [5.41, 5.74) is 3.42. The van der Waals surface area contributed by atoms with Crippen LogP contribution in [0.2, 0.25) is 0 Å². The predicted molar refractivity (Wildman–Crippen MR) is 112 cm³/mol. The van der Waals surface area contributed by atoms with E-state index in [0.29, 0.717) is 12.5 Å². The van der Waals surface area contributed by atoms with Crippen molar-refractivity contribution in [3.05, 3.63) is 41.6 Å². The number of carboxylic acids is 2. The van der Waals surface area contributed by atoms with Crippen molar-refractivity contribution >= 4 is 29.2 Å². The summed E-state index contributed by atoms with van der Waals surface area (Å²) in [6, 6.07) is 8.17. The van der Waals surface area contributed by atoms with Crippen LogP contribution in [0.5, 0.6) is 11.6 Å². The molecule has 30 heavy (non-hydrogen) atoms. The smallest absolute Gasteiger partial charge is 0.414 e. The van der Waals surface area contributed by atoms with E-state index in [1.165, 1.54) is 22.9 Å². The van der Waals surface area contributed by atoms with E-state index in [0.717, 1.165) is 43.8 Å². The van der Waals surface area contributed by atoms with Gasteiger partial charge in [-0.05, 0) is 49.6 Å². The first-order valence-corrected chi connectivity index (χ1v) is 10.1. The molecule has 1 aliphatic rings. The first-order valence-electron chi connectivity index (χ1n) is 9.33. The van der Waals surface area contributed by atoms with E-state index in [1.54, 1.807) is 7.11 Å². The monoisotopic (exact) mass is 435 g/mol. The molecule has 0 unspecified atom stereocenters. The summed E-state index contributed by atoms with van der Waals surface area (Å²) in [4.78, 5) is 20.5. The van der Waals surface area contributed by atoms with Crippen LogP contribution in [0, 0.1) is 0 Å². The summed E-state index contributed by atoms with van der Waals surface area (Å²) in [6.07, 6.45) is 5.23. The summed E-state index contributed by atoms with van der Waals surface area (Å²) in [6.45, 7) is 2.65. The number of rotatable bonds is 7. The second kappa shape index (κ2) is 11.9. The Morgan fingerprint density at radius 1 is 1.17 bits per heavy atom. The molecule has 1 aromatic heterocycles. The molecular weight excluding hydrogens is 410 g/mol. The average molecular weight is 436 g/mol. The summed E-state index contributed by atoms with van der Waals surface area (Å²) in [7, 11) is 3.81. The molecule has 1 aliphatic heterocycles. The second-order valence-electron chi connectivity index (χ2n) is 6.58. The third kappa shape index (κ3) is 7.45. The van der Waals surface area contributed by atoms with Gasteiger partial charge in [0.25, 0.3) is 5.88 Å². The zero-order valence-electron chi connectivity index (χ0n) is 16.9. The van der Waals surface area contributed by atoms with Crippen LogP contribution in [0.15, 0.2) is 30.3 Å². The fraction of sp³-hybridized carbons (Fsp3) is 0.400. The third-order valence-corrected chi connectivity index (χ3v) is 4.81. The standard InChI is InChI=1S/C18H23N3O2S.C2H2O4/c1-21-11-3-6-15(13-21)17-18(20-24-19-17)23-12-4-5-14-7-9-16(22-2)10-8-14;3-1(4)2(5)6/h6-10H,3-5,11-13H2,1-2H3;(H,3,4)(H,5,6). The van der Waals surface area contributed by atoms with E-state index in [4.69, 9.17) is 29.3 Å². The Morgan fingerprint density at radius 2 is 1.87 bits per heavy atom. The summed E-state index contributed by atoms with van der Waals surface area (Å²) in [5, 5.41) is 14.8. The lowest BCUT2D eigenvalue weighted by atomic mass is 10.1. The van der Waals surface area contributed by atoms with Crippen LogP contribution in [0.25, 0.3) is 5.57 Å². The van der Waals surface area contributed by atoms with Gasteiger partial charge in [-0.25, -0.2) is 9.59 Å². The highest BCUT2D eigenvalue weighted by Crippen LogP contribution is 2.27. The Balaban J connectivity index is 0.000000469. The molecule has 1 aromatic carbocycles. The number of benzene rings is 1. The van der Waals surface area contributed by atoms with Crippen molar-refractivity contribution in [1.82, 2.24) is 13.6 Å². The van der Waals surface area contributed by atoms with Crippen LogP contribution in [0.3, 0.4) is 0 Å². The van der Waals surface area contributed by atoms with Gasteiger partial charge in [0.15, 0.2) is 0 Å². The maximum Gasteiger partial charge on any atom is 0.414 e. The normalized spacial score (nSPS) is 13.6. The molecule has 2 aromatic rings. The predicted octanol–water partition coefficient (Wildman–Crippen LogP) is 2.43. The number of hydrogen-bond acceptors (Lipinski definition) is 8. The molecular formula is C20H25N3O6S. The van der Waals surface area contributed by atoms with Gasteiger partial charge in [-0.1, -0.05) is 18.2 Å². The van der Waals surface area contributed by atoms with Crippen LogP contribution in [-0.4, -0.2) is 69.7 Å². The zero-order valence-corrected chi connectivity index (χ0v) is 17.7. The van der Waals surface area contributed by atoms with Crippen molar-refractivity contribution in [1.29, 1.82) is 0 Å². The Hall–Kier alpha value is -2.98. The maximum atomic E-state index is 9.10. The third-order valence-electron chi connectivity index (χ3n) is 4.29. The quantitative estimate of drug-likeness (QED) is 0.499. The molecule has 0 aliphatic carbocycles. The number of carbonyl (C=O) groups is 2. The zero-order chi connectivity index (χ0) is 21.9. The van der Waals surface area contributed by atoms with E-state index in [2.05, 4.69) is 38.9 Å². The van der Waals surface area contributed by atoms with E-state index >= 15 is 0 Å². The van der Waals surface area contributed by atoms with Gasteiger partial charge in [0.2, 0.25) is 0 Å². The number of aliphatic carboxylic acids is 2. The van der Waals surface area contributed by atoms with Gasteiger partial charge in [-0.3, -0.25) is 0 Å². The lowest BCUT2D eigenvalue weighted by Crippen LogP contribution is -2.25. The highest BCUT2D eigenvalue weighted by Gasteiger charge is 2.18. The number of aryl methyl sites for hydroxylation is 1. The first-order chi connectivity index (χ1) is 14.4. The molecule has 2 heterocycles. The Bertz CT molecular complexity index is 854. The van der Waals surface area contributed by atoms with Crippen molar-refractivity contribution in [2.24, 2.45) is 0 Å². The van der Waals surface area contributed by atoms with Crippen molar-refractivity contribution in [2.75, 3.05) is 33.9 Å². The molecule has 9 nitrogen and oxygen atoms in total. The molecule has 3 rings (SSSR count). The Labute approximate surface area is 178 Å². The lowest BCUT2D eigenvalue weighted by molar-refractivity contribution is -0.159. The maximum absolute atomic E-state index is 9.10. The molecule has 0 atom stereocenters. The van der Waals surface area contributed by atoms with Crippen LogP contribution in [-0.2, 0) is 16.0 Å². The minimum absolute atomic E-state index is 0.646. The van der Waals surface area contributed by atoms with E-state index in [-0.39, 0.29) is 0 Å². The molecule has 0 fully saturated rings. The largest absolute Gasteiger partial charge is 0.497 e. The highest BCUT2D eigenvalue weighted by molar-refractivity contribution is 6.99. The van der Waals surface area contributed by atoms with Crippen LogP contribution >= 0.6 is 11.7 Å². The first kappa shape index (κ1) is 23.3. The number of ether oxygens (including phenoxy) is 2. The lowest BCUT2D eigenvalue weighted by Gasteiger charge is -2.22. The molecule has 0 saturated carbocycles. The van der Waals surface area contributed by atoms with Gasteiger partial charge in [0.1, 0.15) is 11.4 Å². The van der Waals surface area contributed by atoms with Gasteiger partial charge < -0.3 is 24.6 Å². The topological polar surface area (TPSA) is 122 Å². The molecule has 2 N–H and O–H groups in total.